The summed E-state index contributed by atoms with van der Waals surface area (Å²) in [5, 5.41) is 39.1. The van der Waals surface area contributed by atoms with Crippen LogP contribution >= 0.6 is 0 Å². The number of aliphatic hydroxyl groups is 5. The fourth-order valence-corrected chi connectivity index (χ4v) is 0.441. The third-order valence-electron chi connectivity index (χ3n) is 1.48. The Morgan fingerprint density at radius 1 is 0.360 bits per heavy atom. The minimum Gasteiger partial charge on any atom is -0.394 e. The predicted octanol–water partition coefficient (Wildman–Crippen LogP) is -1.87. The molecule has 0 saturated heterocycles. The van der Waals surface area contributed by atoms with Gasteiger partial charge in [0.05, 0.1) is 66.1 Å². The average Bonchev–Trinajstić information content (AvgIpc) is 2.64. The van der Waals surface area contributed by atoms with Gasteiger partial charge in [0.15, 0.2) is 0 Å². The van der Waals surface area contributed by atoms with Crippen LogP contribution in [0.1, 0.15) is 0 Å². The second-order valence-corrected chi connectivity index (χ2v) is 3.58. The highest BCUT2D eigenvalue weighted by Gasteiger charge is 1.73. The van der Waals surface area contributed by atoms with Gasteiger partial charge in [0.1, 0.15) is 0 Å². The summed E-state index contributed by atoms with van der Waals surface area (Å²) >= 11 is 0. The third kappa shape index (κ3) is 119. The van der Waals surface area contributed by atoms with E-state index in [4.69, 9.17) is 25.5 Å². The molecule has 160 valence electrons. The molecule has 10 nitrogen and oxygen atoms in total. The van der Waals surface area contributed by atoms with Crippen molar-refractivity contribution in [2.24, 2.45) is 0 Å². The Labute approximate surface area is 151 Å². The van der Waals surface area contributed by atoms with Gasteiger partial charge in [0.2, 0.25) is 0 Å². The molecule has 0 aliphatic heterocycles. The lowest BCUT2D eigenvalue weighted by molar-refractivity contribution is 0.103. The molecule has 0 atom stereocenters. The molecule has 0 fully saturated rings. The highest BCUT2D eigenvalue weighted by molar-refractivity contribution is 4.18. The predicted molar refractivity (Wildman–Crippen MR) is 94.8 cm³/mol. The second-order valence-electron chi connectivity index (χ2n) is 3.58. The number of aliphatic hydroxyl groups excluding tert-OH is 5. The van der Waals surface area contributed by atoms with Crippen LogP contribution in [0.2, 0.25) is 0 Å². The van der Waals surface area contributed by atoms with Gasteiger partial charge in [-0.1, -0.05) is 0 Å². The van der Waals surface area contributed by atoms with Gasteiger partial charge in [0.25, 0.3) is 0 Å². The van der Waals surface area contributed by atoms with Crippen molar-refractivity contribution in [2.75, 3.05) is 102 Å². The van der Waals surface area contributed by atoms with Crippen LogP contribution in [-0.2, 0) is 23.7 Å². The molecule has 0 aliphatic rings. The average molecular weight is 380 g/mol. The van der Waals surface area contributed by atoms with Crippen molar-refractivity contribution < 1.29 is 49.2 Å². The van der Waals surface area contributed by atoms with Crippen LogP contribution in [0, 0.1) is 0 Å². The van der Waals surface area contributed by atoms with Crippen molar-refractivity contribution in [3.05, 3.63) is 0 Å². The van der Waals surface area contributed by atoms with Crippen molar-refractivity contribution in [3.8, 4) is 0 Å². The lowest BCUT2D eigenvalue weighted by Gasteiger charge is -1.91. The molecule has 0 heterocycles. The molecule has 0 unspecified atom stereocenters. The van der Waals surface area contributed by atoms with E-state index in [1.165, 1.54) is 0 Å². The van der Waals surface area contributed by atoms with E-state index in [0.717, 1.165) is 0 Å². The molecule has 0 aliphatic carbocycles. The quantitative estimate of drug-likeness (QED) is 0.273. The zero-order chi connectivity index (χ0) is 20.6. The zero-order valence-electron chi connectivity index (χ0n) is 16.3. The van der Waals surface area contributed by atoms with Crippen molar-refractivity contribution >= 4 is 0 Å². The highest BCUT2D eigenvalue weighted by atomic mass is 16.5. The number of methoxy groups -OCH3 is 5. The van der Waals surface area contributed by atoms with Crippen LogP contribution in [0.3, 0.4) is 0 Å². The molecule has 0 bridgehead atoms. The third-order valence-corrected chi connectivity index (χ3v) is 1.48. The first-order valence-corrected chi connectivity index (χ1v) is 7.57. The first kappa shape index (κ1) is 35.7. The molecule has 0 rings (SSSR count). The Bertz CT molecular complexity index is 115. The van der Waals surface area contributed by atoms with E-state index in [-0.39, 0.29) is 33.0 Å². The molecular weight excluding hydrogens is 340 g/mol. The summed E-state index contributed by atoms with van der Waals surface area (Å²) in [6.45, 7) is 2.83. The Hall–Kier alpha value is -0.400. The van der Waals surface area contributed by atoms with Crippen LogP contribution < -0.4 is 0 Å². The maximum atomic E-state index is 7.94. The monoisotopic (exact) mass is 380 g/mol. The number of rotatable bonds is 10. The largest absolute Gasteiger partial charge is 0.394 e. The second kappa shape index (κ2) is 56.5. The lowest BCUT2D eigenvalue weighted by atomic mass is 10.8. The molecule has 0 radical (unpaired) electrons. The molecule has 0 saturated carbocycles. The fraction of sp³-hybridized carbons (Fsp3) is 1.00. The van der Waals surface area contributed by atoms with Crippen LogP contribution in [0.15, 0.2) is 0 Å². The Balaban J connectivity index is -0.0000000671. The van der Waals surface area contributed by atoms with Crippen molar-refractivity contribution in [3.63, 3.8) is 0 Å². The van der Waals surface area contributed by atoms with Gasteiger partial charge in [-0.3, -0.25) is 0 Å². The summed E-state index contributed by atoms with van der Waals surface area (Å²) in [7, 11) is 7.96. The fourth-order valence-electron chi connectivity index (χ4n) is 0.441. The van der Waals surface area contributed by atoms with Gasteiger partial charge in [0, 0.05) is 35.5 Å². The van der Waals surface area contributed by atoms with Crippen LogP contribution in [-0.4, -0.2) is 127 Å². The van der Waals surface area contributed by atoms with Gasteiger partial charge in [-0.25, -0.2) is 0 Å². The SMILES string of the molecule is COCCO.COCCO.COCCO.COCCOC.OCCO. The lowest BCUT2D eigenvalue weighted by Crippen LogP contribution is -1.96. The molecule has 0 aromatic heterocycles. The van der Waals surface area contributed by atoms with E-state index in [1.54, 1.807) is 35.5 Å². The van der Waals surface area contributed by atoms with Crippen molar-refractivity contribution in [2.45, 2.75) is 0 Å². The van der Waals surface area contributed by atoms with Crippen LogP contribution in [0.5, 0.6) is 0 Å². The number of ether oxygens (including phenoxy) is 5. The van der Waals surface area contributed by atoms with Gasteiger partial charge in [-0.2, -0.15) is 0 Å². The normalized spacial score (nSPS) is 8.40. The Kier molecular flexibility index (Phi) is 80.7. The number of hydrogen-bond acceptors (Lipinski definition) is 10. The summed E-state index contributed by atoms with van der Waals surface area (Å²) in [5.41, 5.74) is 0. The van der Waals surface area contributed by atoms with E-state index >= 15 is 0 Å². The minimum atomic E-state index is -0.125. The molecule has 0 aromatic rings. The summed E-state index contributed by atoms with van der Waals surface area (Å²) < 4.78 is 22.6. The van der Waals surface area contributed by atoms with Crippen molar-refractivity contribution in [1.82, 2.24) is 0 Å². The first-order chi connectivity index (χ1) is 12.1. The summed E-state index contributed by atoms with van der Waals surface area (Å²) in [4.78, 5) is 0. The molecule has 0 aromatic carbocycles. The van der Waals surface area contributed by atoms with E-state index in [9.17, 15) is 0 Å². The first-order valence-electron chi connectivity index (χ1n) is 7.57. The standard InChI is InChI=1S/C4H10O2.3C3H8O2.C2H6O2/c1-5-3-4-6-2;3*1-5-3-2-4;3-1-2-4/h3-4H2,1-2H3;3*4H,2-3H2,1H3;3-4H,1-2H2. The van der Waals surface area contributed by atoms with Gasteiger partial charge >= 0.3 is 0 Å². The number of hydrogen-bond donors (Lipinski definition) is 5. The maximum absolute atomic E-state index is 7.94. The molecule has 5 N–H and O–H groups in total. The zero-order valence-corrected chi connectivity index (χ0v) is 16.3. The topological polar surface area (TPSA) is 147 Å². The molecule has 0 spiro atoms. The summed E-state index contributed by atoms with van der Waals surface area (Å²) in [6.07, 6.45) is 0. The summed E-state index contributed by atoms with van der Waals surface area (Å²) in [5.74, 6) is 0. The smallest absolute Gasteiger partial charge is 0.0696 e. The van der Waals surface area contributed by atoms with E-state index < -0.39 is 0 Å². The summed E-state index contributed by atoms with van der Waals surface area (Å²) in [6, 6.07) is 0. The van der Waals surface area contributed by atoms with Crippen molar-refractivity contribution in [1.29, 1.82) is 0 Å². The molecule has 0 amide bonds. The van der Waals surface area contributed by atoms with E-state index in [2.05, 4.69) is 23.7 Å². The molecule has 10 heteroatoms. The maximum Gasteiger partial charge on any atom is 0.0696 e. The van der Waals surface area contributed by atoms with Gasteiger partial charge in [-0.05, 0) is 0 Å². The Morgan fingerprint density at radius 3 is 0.600 bits per heavy atom. The highest BCUT2D eigenvalue weighted by Crippen LogP contribution is 1.65. The minimum absolute atomic E-state index is 0.122. The molecule has 25 heavy (non-hydrogen) atoms. The van der Waals surface area contributed by atoms with E-state index in [0.29, 0.717) is 33.0 Å². The van der Waals surface area contributed by atoms with Crippen LogP contribution in [0.4, 0.5) is 0 Å². The van der Waals surface area contributed by atoms with Gasteiger partial charge < -0.3 is 49.2 Å². The van der Waals surface area contributed by atoms with Gasteiger partial charge in [-0.15, -0.1) is 0 Å². The Morgan fingerprint density at radius 2 is 0.560 bits per heavy atom. The van der Waals surface area contributed by atoms with Crippen LogP contribution in [0.25, 0.3) is 0 Å². The molecular formula is C15H40O10. The van der Waals surface area contributed by atoms with E-state index in [1.807, 2.05) is 0 Å².